The lowest BCUT2D eigenvalue weighted by Crippen LogP contribution is -2.30. The third kappa shape index (κ3) is 10.7. The van der Waals surface area contributed by atoms with Crippen LogP contribution in [0.3, 0.4) is 0 Å². The van der Waals surface area contributed by atoms with Crippen molar-refractivity contribution in [1.82, 2.24) is 21.3 Å². The van der Waals surface area contributed by atoms with E-state index in [4.69, 9.17) is 0 Å². The highest BCUT2D eigenvalue weighted by Gasteiger charge is 1.93. The predicted molar refractivity (Wildman–Crippen MR) is 74.6 cm³/mol. The quantitative estimate of drug-likeness (QED) is 0.494. The smallest absolute Gasteiger partial charge is 0.00767 e. The molecule has 0 spiro atoms. The van der Waals surface area contributed by atoms with Crippen LogP contribution in [0, 0.1) is 0 Å². The van der Waals surface area contributed by atoms with E-state index in [1.807, 2.05) is 0 Å². The fraction of sp³-hybridized carbons (Fsp3) is 1.00. The van der Waals surface area contributed by atoms with Crippen LogP contribution in [0.15, 0.2) is 0 Å². The zero-order chi connectivity index (χ0) is 12.0. The Morgan fingerprint density at radius 1 is 0.294 bits per heavy atom. The Labute approximate surface area is 106 Å². The molecule has 0 aliphatic carbocycles. The van der Waals surface area contributed by atoms with Crippen molar-refractivity contribution in [3.05, 3.63) is 0 Å². The van der Waals surface area contributed by atoms with Gasteiger partial charge in [0.1, 0.15) is 0 Å². The molecule has 0 atom stereocenters. The van der Waals surface area contributed by atoms with Crippen molar-refractivity contribution < 1.29 is 0 Å². The van der Waals surface area contributed by atoms with E-state index in [-0.39, 0.29) is 0 Å². The van der Waals surface area contributed by atoms with Gasteiger partial charge in [0.05, 0.1) is 0 Å². The lowest BCUT2D eigenvalue weighted by Gasteiger charge is -2.07. The summed E-state index contributed by atoms with van der Waals surface area (Å²) in [6.45, 7) is 9.12. The third-order valence-corrected chi connectivity index (χ3v) is 3.10. The summed E-state index contributed by atoms with van der Waals surface area (Å²) in [6, 6.07) is 0. The van der Waals surface area contributed by atoms with Gasteiger partial charge in [0.2, 0.25) is 0 Å². The molecule has 0 radical (unpaired) electrons. The summed E-state index contributed by atoms with van der Waals surface area (Å²) in [5.74, 6) is 0. The topological polar surface area (TPSA) is 48.1 Å². The molecule has 4 heteroatoms. The van der Waals surface area contributed by atoms with Crippen molar-refractivity contribution >= 4 is 0 Å². The van der Waals surface area contributed by atoms with Crippen LogP contribution >= 0.6 is 0 Å². The van der Waals surface area contributed by atoms with Gasteiger partial charge in [-0.2, -0.15) is 0 Å². The molecule has 1 aliphatic heterocycles. The van der Waals surface area contributed by atoms with Crippen LogP contribution in [0.4, 0.5) is 0 Å². The van der Waals surface area contributed by atoms with Crippen molar-refractivity contribution in [2.45, 2.75) is 32.1 Å². The Hall–Kier alpha value is -0.160. The van der Waals surface area contributed by atoms with Gasteiger partial charge >= 0.3 is 0 Å². The normalized spacial score (nSPS) is 24.0. The van der Waals surface area contributed by atoms with Crippen LogP contribution in [0.2, 0.25) is 0 Å². The van der Waals surface area contributed by atoms with Gasteiger partial charge in [-0.15, -0.1) is 0 Å². The van der Waals surface area contributed by atoms with Gasteiger partial charge in [-0.3, -0.25) is 0 Å². The van der Waals surface area contributed by atoms with Gasteiger partial charge in [0.15, 0.2) is 0 Å². The first-order chi connectivity index (χ1) is 8.50. The number of rotatable bonds is 0. The minimum Gasteiger partial charge on any atom is -0.317 e. The molecule has 4 nitrogen and oxygen atoms in total. The molecule has 0 aromatic carbocycles. The van der Waals surface area contributed by atoms with Gasteiger partial charge in [0, 0.05) is 13.1 Å². The van der Waals surface area contributed by atoms with E-state index in [1.165, 1.54) is 45.2 Å². The molecule has 0 unspecified atom stereocenters. The number of hydrogen-bond donors (Lipinski definition) is 4. The summed E-state index contributed by atoms with van der Waals surface area (Å²) >= 11 is 0. The van der Waals surface area contributed by atoms with E-state index in [9.17, 15) is 0 Å². The predicted octanol–water partition coefficient (Wildman–Crippen LogP) is 0.309. The Balaban J connectivity index is 2.01. The number of hydrogen-bond acceptors (Lipinski definition) is 4. The van der Waals surface area contributed by atoms with E-state index in [0.29, 0.717) is 0 Å². The Morgan fingerprint density at radius 3 is 1.12 bits per heavy atom. The van der Waals surface area contributed by atoms with Gasteiger partial charge in [-0.1, -0.05) is 6.42 Å². The van der Waals surface area contributed by atoms with Crippen LogP contribution < -0.4 is 21.3 Å². The highest BCUT2D eigenvalue weighted by molar-refractivity contribution is 4.57. The van der Waals surface area contributed by atoms with Gasteiger partial charge in [-0.25, -0.2) is 0 Å². The molecule has 102 valence electrons. The van der Waals surface area contributed by atoms with E-state index in [1.54, 1.807) is 0 Å². The first-order valence-corrected chi connectivity index (χ1v) is 7.33. The zero-order valence-electron chi connectivity index (χ0n) is 11.2. The molecule has 1 saturated heterocycles. The van der Waals surface area contributed by atoms with Crippen molar-refractivity contribution in [3.8, 4) is 0 Å². The lowest BCUT2D eigenvalue weighted by molar-refractivity contribution is 0.557. The summed E-state index contributed by atoms with van der Waals surface area (Å²) < 4.78 is 0. The molecule has 17 heavy (non-hydrogen) atoms. The summed E-state index contributed by atoms with van der Waals surface area (Å²) in [7, 11) is 0. The summed E-state index contributed by atoms with van der Waals surface area (Å²) in [4.78, 5) is 0. The van der Waals surface area contributed by atoms with Gasteiger partial charge < -0.3 is 21.3 Å². The average molecular weight is 242 g/mol. The molecule has 1 aliphatic rings. The Morgan fingerprint density at radius 2 is 0.647 bits per heavy atom. The van der Waals surface area contributed by atoms with Crippen molar-refractivity contribution in [2.24, 2.45) is 0 Å². The maximum atomic E-state index is 3.50. The molecular weight excluding hydrogens is 212 g/mol. The molecule has 0 bridgehead atoms. The second-order valence-electron chi connectivity index (χ2n) is 4.77. The molecular formula is C13H30N4. The maximum absolute atomic E-state index is 3.50. The molecule has 1 heterocycles. The van der Waals surface area contributed by atoms with E-state index >= 15 is 0 Å². The van der Waals surface area contributed by atoms with Crippen molar-refractivity contribution in [2.75, 3.05) is 52.4 Å². The minimum absolute atomic E-state index is 1.09. The summed E-state index contributed by atoms with van der Waals surface area (Å²) in [5.41, 5.74) is 0. The average Bonchev–Trinajstić information content (AvgIpc) is 2.35. The minimum atomic E-state index is 1.09. The van der Waals surface area contributed by atoms with E-state index in [2.05, 4.69) is 21.3 Å². The summed E-state index contributed by atoms with van der Waals surface area (Å²) in [5, 5.41) is 13.9. The monoisotopic (exact) mass is 242 g/mol. The molecule has 1 rings (SSSR count). The highest BCUT2D eigenvalue weighted by Crippen LogP contribution is 1.92. The lowest BCUT2D eigenvalue weighted by atomic mass is 10.2. The second kappa shape index (κ2) is 12.3. The standard InChI is InChI=1S/C13H30N4/c1-2-6-14-8-4-10-16-12-13-17-11-5-9-15-7-3-1/h14-17H,1-13H2. The van der Waals surface area contributed by atoms with Gasteiger partial charge in [0.25, 0.3) is 0 Å². The fourth-order valence-corrected chi connectivity index (χ4v) is 2.03. The Bertz CT molecular complexity index is 82.9. The highest BCUT2D eigenvalue weighted by atomic mass is 14.9. The molecule has 4 N–H and O–H groups in total. The van der Waals surface area contributed by atoms with Crippen LogP contribution in [0.5, 0.6) is 0 Å². The molecule has 0 aromatic rings. The second-order valence-corrected chi connectivity index (χ2v) is 4.77. The van der Waals surface area contributed by atoms with E-state index in [0.717, 1.165) is 39.3 Å². The molecule has 0 saturated carbocycles. The van der Waals surface area contributed by atoms with Crippen LogP contribution in [0.1, 0.15) is 32.1 Å². The first kappa shape index (κ1) is 14.9. The maximum Gasteiger partial charge on any atom is 0.00767 e. The van der Waals surface area contributed by atoms with Crippen LogP contribution in [-0.4, -0.2) is 52.4 Å². The van der Waals surface area contributed by atoms with Crippen molar-refractivity contribution in [1.29, 1.82) is 0 Å². The summed E-state index contributed by atoms with van der Waals surface area (Å²) in [6.07, 6.45) is 6.45. The molecule has 0 amide bonds. The van der Waals surface area contributed by atoms with E-state index < -0.39 is 0 Å². The Kier molecular flexibility index (Phi) is 10.8. The SMILES string of the molecule is C1CCNCCCNCCNCCCNCC1. The van der Waals surface area contributed by atoms with Crippen molar-refractivity contribution in [3.63, 3.8) is 0 Å². The van der Waals surface area contributed by atoms with Gasteiger partial charge in [-0.05, 0) is 65.0 Å². The largest absolute Gasteiger partial charge is 0.317 e. The van der Waals surface area contributed by atoms with Crippen LogP contribution in [-0.2, 0) is 0 Å². The zero-order valence-corrected chi connectivity index (χ0v) is 11.2. The fourth-order valence-electron chi connectivity index (χ4n) is 2.03. The first-order valence-electron chi connectivity index (χ1n) is 7.33. The molecule has 0 aromatic heterocycles. The van der Waals surface area contributed by atoms with Crippen LogP contribution in [0.25, 0.3) is 0 Å². The third-order valence-electron chi connectivity index (χ3n) is 3.10. The molecule has 1 fully saturated rings. The number of nitrogens with one attached hydrogen (secondary N) is 4.